The predicted octanol–water partition coefficient (Wildman–Crippen LogP) is 2.27. The zero-order valence-electron chi connectivity index (χ0n) is 11.5. The third-order valence-corrected chi connectivity index (χ3v) is 2.97. The molecule has 1 aromatic carbocycles. The van der Waals surface area contributed by atoms with Crippen LogP contribution in [0.15, 0.2) is 36.4 Å². The fourth-order valence-electron chi connectivity index (χ4n) is 2.05. The Morgan fingerprint density at radius 2 is 2.05 bits per heavy atom. The first kappa shape index (κ1) is 13.5. The van der Waals surface area contributed by atoms with Gasteiger partial charge in [-0.15, -0.1) is 0 Å². The van der Waals surface area contributed by atoms with E-state index in [4.69, 9.17) is 0 Å². The Morgan fingerprint density at radius 1 is 1.32 bits per heavy atom. The van der Waals surface area contributed by atoms with Gasteiger partial charge >= 0.3 is 6.03 Å². The fourth-order valence-corrected chi connectivity index (χ4v) is 2.05. The summed E-state index contributed by atoms with van der Waals surface area (Å²) in [4.78, 5) is 13.8. The quantitative estimate of drug-likeness (QED) is 0.815. The highest BCUT2D eigenvalue weighted by Gasteiger charge is 2.08. The molecule has 0 saturated carbocycles. The van der Waals surface area contributed by atoms with Gasteiger partial charge in [0.2, 0.25) is 0 Å². The summed E-state index contributed by atoms with van der Waals surface area (Å²) in [7, 11) is 0. The Balaban J connectivity index is 1.90. The Labute approximate surface area is 114 Å². The summed E-state index contributed by atoms with van der Waals surface area (Å²) in [6, 6.07) is 8.33. The number of anilines is 1. The third kappa shape index (κ3) is 4.02. The molecule has 0 spiro atoms. The lowest BCUT2D eigenvalue weighted by Gasteiger charge is -2.18. The summed E-state index contributed by atoms with van der Waals surface area (Å²) in [5.41, 5.74) is 2.32. The number of nitrogens with zero attached hydrogens (tertiary/aromatic N) is 1. The molecule has 4 heteroatoms. The van der Waals surface area contributed by atoms with Crippen LogP contribution in [0.4, 0.5) is 10.5 Å². The van der Waals surface area contributed by atoms with Crippen LogP contribution in [-0.4, -0.2) is 25.2 Å². The summed E-state index contributed by atoms with van der Waals surface area (Å²) >= 11 is 0. The Kier molecular flexibility index (Phi) is 4.44. The minimum absolute atomic E-state index is 0.122. The minimum Gasteiger partial charge on any atom is -0.364 e. The number of hydrogen-bond acceptors (Lipinski definition) is 2. The molecule has 2 N–H and O–H groups in total. The van der Waals surface area contributed by atoms with E-state index in [2.05, 4.69) is 39.8 Å². The second kappa shape index (κ2) is 6.27. The molecule has 0 aliphatic carbocycles. The first-order chi connectivity index (χ1) is 9.15. The molecule has 0 fully saturated rings. The van der Waals surface area contributed by atoms with Crippen LogP contribution in [-0.2, 0) is 6.54 Å². The maximum absolute atomic E-state index is 11.5. The van der Waals surface area contributed by atoms with Crippen LogP contribution in [0.25, 0.3) is 0 Å². The van der Waals surface area contributed by atoms with E-state index >= 15 is 0 Å². The van der Waals surface area contributed by atoms with Gasteiger partial charge in [0.1, 0.15) is 0 Å². The molecular weight excluding hydrogens is 238 g/mol. The van der Waals surface area contributed by atoms with Crippen molar-refractivity contribution in [2.24, 2.45) is 0 Å². The molecule has 1 heterocycles. The molecule has 0 saturated heterocycles. The highest BCUT2D eigenvalue weighted by Crippen LogP contribution is 2.18. The van der Waals surface area contributed by atoms with Crippen molar-refractivity contribution in [2.75, 3.05) is 18.0 Å². The third-order valence-electron chi connectivity index (χ3n) is 2.97. The second-order valence-corrected chi connectivity index (χ2v) is 5.03. The summed E-state index contributed by atoms with van der Waals surface area (Å²) in [5.74, 6) is 0. The van der Waals surface area contributed by atoms with Crippen molar-refractivity contribution in [1.82, 2.24) is 10.6 Å². The summed E-state index contributed by atoms with van der Waals surface area (Å²) in [6.45, 7) is 6.37. The second-order valence-electron chi connectivity index (χ2n) is 5.03. The van der Waals surface area contributed by atoms with Crippen LogP contribution < -0.4 is 15.5 Å². The van der Waals surface area contributed by atoms with Crippen molar-refractivity contribution >= 4 is 11.7 Å². The number of hydrogen-bond donors (Lipinski definition) is 2. The van der Waals surface area contributed by atoms with Gasteiger partial charge in [0.15, 0.2) is 0 Å². The van der Waals surface area contributed by atoms with Crippen molar-refractivity contribution < 1.29 is 4.79 Å². The number of carbonyl (C=O) groups excluding carboxylic acids is 1. The summed E-state index contributed by atoms with van der Waals surface area (Å²) < 4.78 is 0. The van der Waals surface area contributed by atoms with Crippen LogP contribution in [0.3, 0.4) is 0 Å². The van der Waals surface area contributed by atoms with Gasteiger partial charge < -0.3 is 15.5 Å². The van der Waals surface area contributed by atoms with Crippen molar-refractivity contribution in [3.63, 3.8) is 0 Å². The lowest BCUT2D eigenvalue weighted by Crippen LogP contribution is -2.39. The first-order valence-electron chi connectivity index (χ1n) is 6.68. The molecular formula is C15H21N3O. The van der Waals surface area contributed by atoms with Crippen LogP contribution in [0.5, 0.6) is 0 Å². The van der Waals surface area contributed by atoms with Crippen LogP contribution in [0.1, 0.15) is 19.4 Å². The minimum atomic E-state index is -0.122. The monoisotopic (exact) mass is 259 g/mol. The summed E-state index contributed by atoms with van der Waals surface area (Å²) in [5, 5.41) is 5.68. The maximum Gasteiger partial charge on any atom is 0.315 e. The molecule has 0 bridgehead atoms. The number of carbonyl (C=O) groups is 1. The summed E-state index contributed by atoms with van der Waals surface area (Å²) in [6.07, 6.45) is 4.34. The van der Waals surface area contributed by atoms with Crippen molar-refractivity contribution in [3.8, 4) is 0 Å². The number of urea groups is 1. The van der Waals surface area contributed by atoms with E-state index in [-0.39, 0.29) is 12.1 Å². The smallest absolute Gasteiger partial charge is 0.315 e. The number of nitrogens with one attached hydrogen (secondary N) is 2. The lowest BCUT2D eigenvalue weighted by atomic mass is 10.2. The molecule has 2 amide bonds. The van der Waals surface area contributed by atoms with Gasteiger partial charge in [-0.1, -0.05) is 24.3 Å². The van der Waals surface area contributed by atoms with Gasteiger partial charge in [0, 0.05) is 31.4 Å². The van der Waals surface area contributed by atoms with Crippen LogP contribution in [0.2, 0.25) is 0 Å². The van der Waals surface area contributed by atoms with E-state index in [0.717, 1.165) is 18.7 Å². The van der Waals surface area contributed by atoms with E-state index in [1.54, 1.807) is 0 Å². The lowest BCUT2D eigenvalue weighted by molar-refractivity contribution is 0.238. The normalized spacial score (nSPS) is 13.9. The Hall–Kier alpha value is -1.97. The molecule has 2 rings (SSSR count). The topological polar surface area (TPSA) is 44.4 Å². The average Bonchev–Trinajstić information content (AvgIpc) is 2.90. The fraction of sp³-hybridized carbons (Fsp3) is 0.400. The van der Waals surface area contributed by atoms with Crippen molar-refractivity contribution in [1.29, 1.82) is 0 Å². The van der Waals surface area contributed by atoms with Gasteiger partial charge in [-0.2, -0.15) is 0 Å². The largest absolute Gasteiger partial charge is 0.364 e. The van der Waals surface area contributed by atoms with E-state index in [9.17, 15) is 4.79 Å². The molecule has 4 nitrogen and oxygen atoms in total. The highest BCUT2D eigenvalue weighted by molar-refractivity contribution is 5.74. The maximum atomic E-state index is 11.5. The zero-order valence-corrected chi connectivity index (χ0v) is 11.5. The van der Waals surface area contributed by atoms with Gasteiger partial charge in [-0.3, -0.25) is 0 Å². The Morgan fingerprint density at radius 3 is 2.74 bits per heavy atom. The molecule has 0 atom stereocenters. The Bertz CT molecular complexity index is 460. The van der Waals surface area contributed by atoms with Crippen molar-refractivity contribution in [2.45, 2.75) is 26.4 Å². The van der Waals surface area contributed by atoms with E-state index in [0.29, 0.717) is 6.54 Å². The van der Waals surface area contributed by atoms with Gasteiger partial charge in [-0.25, -0.2) is 4.79 Å². The molecule has 1 aromatic rings. The van der Waals surface area contributed by atoms with Crippen LogP contribution in [0, 0.1) is 0 Å². The standard InChI is InChI=1S/C15H21N3O/c1-12(2)17-15(19)16-11-13-6-5-7-14(10-13)18-8-3-4-9-18/h3-7,10,12H,8-9,11H2,1-2H3,(H2,16,17,19). The highest BCUT2D eigenvalue weighted by atomic mass is 16.2. The average molecular weight is 259 g/mol. The molecule has 19 heavy (non-hydrogen) atoms. The predicted molar refractivity (Wildman–Crippen MR) is 78.3 cm³/mol. The van der Waals surface area contributed by atoms with Crippen LogP contribution >= 0.6 is 0 Å². The molecule has 0 radical (unpaired) electrons. The molecule has 102 valence electrons. The molecule has 0 unspecified atom stereocenters. The number of benzene rings is 1. The molecule has 0 aromatic heterocycles. The van der Waals surface area contributed by atoms with Gasteiger partial charge in [-0.05, 0) is 31.5 Å². The zero-order chi connectivity index (χ0) is 13.7. The molecule has 1 aliphatic rings. The SMILES string of the molecule is CC(C)NC(=O)NCc1cccc(N2CC=CC2)c1. The van der Waals surface area contributed by atoms with Gasteiger partial charge in [0.05, 0.1) is 0 Å². The molecule has 1 aliphatic heterocycles. The van der Waals surface area contributed by atoms with E-state index in [1.165, 1.54) is 5.69 Å². The van der Waals surface area contributed by atoms with E-state index in [1.807, 2.05) is 26.0 Å². The van der Waals surface area contributed by atoms with Crippen molar-refractivity contribution in [3.05, 3.63) is 42.0 Å². The first-order valence-corrected chi connectivity index (χ1v) is 6.68. The van der Waals surface area contributed by atoms with E-state index < -0.39 is 0 Å². The van der Waals surface area contributed by atoms with Gasteiger partial charge in [0.25, 0.3) is 0 Å². The number of amides is 2. The number of rotatable bonds is 4.